The monoisotopic (exact) mass is 297 g/mol. The summed E-state index contributed by atoms with van der Waals surface area (Å²) in [4.78, 5) is 24.3. The third-order valence-corrected chi connectivity index (χ3v) is 3.77. The largest absolute Gasteiger partial charge is 0.465 e. The third kappa shape index (κ3) is 4.00. The lowest BCUT2D eigenvalue weighted by atomic mass is 9.74. The van der Waals surface area contributed by atoms with Crippen molar-refractivity contribution in [1.82, 2.24) is 10.2 Å². The normalized spacial score (nSPS) is 25.9. The van der Waals surface area contributed by atoms with Crippen LogP contribution in [0.4, 0.5) is 9.59 Å². The molecule has 0 spiro atoms. The van der Waals surface area contributed by atoms with Crippen LogP contribution >= 0.6 is 0 Å². The second kappa shape index (κ2) is 6.20. The smallest absolute Gasteiger partial charge is 0.408 e. The average Bonchev–Trinajstić information content (AvgIpc) is 2.37. The highest BCUT2D eigenvalue weighted by Crippen LogP contribution is 2.36. The maximum Gasteiger partial charge on any atom is 0.408 e. The van der Waals surface area contributed by atoms with Crippen molar-refractivity contribution >= 4 is 12.2 Å². The van der Waals surface area contributed by atoms with Crippen molar-refractivity contribution in [2.75, 3.05) is 13.2 Å². The van der Waals surface area contributed by atoms with Crippen LogP contribution in [0.25, 0.3) is 0 Å². The Balaban J connectivity index is 2.99. The molecule has 2 atom stereocenters. The van der Waals surface area contributed by atoms with Gasteiger partial charge < -0.3 is 20.1 Å². The van der Waals surface area contributed by atoms with Crippen LogP contribution in [0.3, 0.4) is 0 Å². The molecule has 0 radical (unpaired) electrons. The number of ether oxygens (including phenoxy) is 1. The first-order valence-electron chi connectivity index (χ1n) is 7.01. The number of amides is 2. The van der Waals surface area contributed by atoms with E-state index in [4.69, 9.17) is 4.74 Å². The molecule has 0 bridgehead atoms. The Morgan fingerprint density at radius 3 is 2.57 bits per heavy atom. The van der Waals surface area contributed by atoms with Crippen molar-refractivity contribution in [2.24, 2.45) is 5.41 Å². The fourth-order valence-electron chi connectivity index (χ4n) is 2.62. The molecular weight excluding hydrogens is 274 g/mol. The van der Waals surface area contributed by atoms with Gasteiger partial charge in [-0.1, -0.05) is 20.8 Å². The van der Waals surface area contributed by atoms with Crippen molar-refractivity contribution in [2.45, 2.75) is 52.1 Å². The Kier molecular flexibility index (Phi) is 5.05. The Morgan fingerprint density at radius 1 is 1.52 bits per heavy atom. The second-order valence-electron chi connectivity index (χ2n) is 6.35. The van der Waals surface area contributed by atoms with Crippen LogP contribution < -0.4 is 5.32 Å². The van der Waals surface area contributed by atoms with Crippen LogP contribution in [0.1, 0.15) is 40.5 Å². The number of piperidine rings is 1. The predicted octanol–water partition coefficient (Wildman–Crippen LogP) is 2.18. The van der Waals surface area contributed by atoms with E-state index in [1.165, 1.54) is 4.90 Å². The molecule has 1 aliphatic heterocycles. The highest BCUT2D eigenvalue weighted by Gasteiger charge is 2.47. The number of nitrogens with zero attached hydrogens (tertiary/aromatic N) is 2. The number of carboxylic acid groups (broad SMARTS) is 1. The molecular formula is C14H23N3O4. The van der Waals surface area contributed by atoms with Crippen molar-refractivity contribution < 1.29 is 19.4 Å². The van der Waals surface area contributed by atoms with Gasteiger partial charge in [0.2, 0.25) is 0 Å². The lowest BCUT2D eigenvalue weighted by Crippen LogP contribution is -2.61. The summed E-state index contributed by atoms with van der Waals surface area (Å²) >= 11 is 0. The minimum atomic E-state index is -1.09. The number of carbonyl (C=O) groups excluding carboxylic acids is 1. The number of nitriles is 1. The molecule has 0 aromatic carbocycles. The lowest BCUT2D eigenvalue weighted by Gasteiger charge is -2.47. The highest BCUT2D eigenvalue weighted by atomic mass is 16.5. The van der Waals surface area contributed by atoms with Gasteiger partial charge in [0.1, 0.15) is 5.54 Å². The molecule has 0 saturated carbocycles. The molecule has 2 unspecified atom stereocenters. The summed E-state index contributed by atoms with van der Waals surface area (Å²) in [5.74, 6) is 0. The van der Waals surface area contributed by atoms with Crippen molar-refractivity contribution in [1.29, 1.82) is 5.26 Å². The maximum absolute atomic E-state index is 11.6. The van der Waals surface area contributed by atoms with E-state index >= 15 is 0 Å². The van der Waals surface area contributed by atoms with E-state index in [-0.39, 0.29) is 37.5 Å². The first kappa shape index (κ1) is 17.1. The summed E-state index contributed by atoms with van der Waals surface area (Å²) in [6, 6.07) is 1.78. The van der Waals surface area contributed by atoms with Gasteiger partial charge in [0.15, 0.2) is 0 Å². The highest BCUT2D eigenvalue weighted by molar-refractivity contribution is 5.69. The first-order valence-corrected chi connectivity index (χ1v) is 7.01. The molecule has 1 fully saturated rings. The van der Waals surface area contributed by atoms with E-state index in [1.54, 1.807) is 6.92 Å². The van der Waals surface area contributed by atoms with Crippen molar-refractivity contribution in [3.05, 3.63) is 0 Å². The maximum atomic E-state index is 11.6. The number of hydrogen-bond acceptors (Lipinski definition) is 4. The predicted molar refractivity (Wildman–Crippen MR) is 75.7 cm³/mol. The summed E-state index contributed by atoms with van der Waals surface area (Å²) < 4.78 is 4.84. The SMILES string of the molecule is CCOC(=O)NC1(C#N)CCN(C(=O)O)C(C(C)(C)C)C1. The van der Waals surface area contributed by atoms with E-state index in [0.717, 1.165) is 0 Å². The number of rotatable bonds is 2. The van der Waals surface area contributed by atoms with E-state index in [2.05, 4.69) is 11.4 Å². The molecule has 1 saturated heterocycles. The fraction of sp³-hybridized carbons (Fsp3) is 0.786. The van der Waals surface area contributed by atoms with Gasteiger partial charge >= 0.3 is 12.2 Å². The minimum absolute atomic E-state index is 0.206. The molecule has 1 heterocycles. The second-order valence-corrected chi connectivity index (χ2v) is 6.35. The zero-order valence-corrected chi connectivity index (χ0v) is 13.0. The summed E-state index contributed by atoms with van der Waals surface area (Å²) in [6.07, 6.45) is -1.15. The number of likely N-dealkylation sites (tertiary alicyclic amines) is 1. The topological polar surface area (TPSA) is 103 Å². The Labute approximate surface area is 124 Å². The van der Waals surface area contributed by atoms with Gasteiger partial charge in [-0.3, -0.25) is 0 Å². The molecule has 1 aliphatic rings. The quantitative estimate of drug-likeness (QED) is 0.813. The van der Waals surface area contributed by atoms with Crippen LogP contribution in [0.15, 0.2) is 0 Å². The van der Waals surface area contributed by atoms with Crippen LogP contribution in [-0.4, -0.2) is 46.9 Å². The summed E-state index contributed by atoms with van der Waals surface area (Å²) in [7, 11) is 0. The van der Waals surface area contributed by atoms with Crippen molar-refractivity contribution in [3.63, 3.8) is 0 Å². The lowest BCUT2D eigenvalue weighted by molar-refractivity contribution is 0.0342. The molecule has 21 heavy (non-hydrogen) atoms. The zero-order valence-electron chi connectivity index (χ0n) is 13.0. The van der Waals surface area contributed by atoms with Gasteiger partial charge in [0.05, 0.1) is 12.7 Å². The van der Waals surface area contributed by atoms with E-state index < -0.39 is 17.7 Å². The number of hydrogen-bond donors (Lipinski definition) is 2. The molecule has 7 heteroatoms. The van der Waals surface area contributed by atoms with Gasteiger partial charge in [-0.15, -0.1) is 0 Å². The molecule has 2 amide bonds. The molecule has 7 nitrogen and oxygen atoms in total. The Hall–Kier alpha value is -1.97. The molecule has 2 N–H and O–H groups in total. The van der Waals surface area contributed by atoms with Gasteiger partial charge in [-0.05, 0) is 12.3 Å². The van der Waals surface area contributed by atoms with E-state index in [9.17, 15) is 20.0 Å². The summed E-state index contributed by atoms with van der Waals surface area (Å²) in [6.45, 7) is 7.88. The minimum Gasteiger partial charge on any atom is -0.465 e. The van der Waals surface area contributed by atoms with Gasteiger partial charge in [-0.25, -0.2) is 9.59 Å². The number of alkyl carbamates (subject to hydrolysis) is 1. The molecule has 0 aliphatic carbocycles. The van der Waals surface area contributed by atoms with Crippen molar-refractivity contribution in [3.8, 4) is 6.07 Å². The number of carbonyl (C=O) groups is 2. The van der Waals surface area contributed by atoms with E-state index in [1.807, 2.05) is 20.8 Å². The molecule has 1 rings (SSSR count). The van der Waals surface area contributed by atoms with Crippen LogP contribution in [-0.2, 0) is 4.74 Å². The van der Waals surface area contributed by atoms with Crippen LogP contribution in [0.5, 0.6) is 0 Å². The van der Waals surface area contributed by atoms with Gasteiger partial charge in [0.25, 0.3) is 0 Å². The molecule has 0 aromatic rings. The first-order chi connectivity index (χ1) is 9.65. The molecule has 118 valence electrons. The van der Waals surface area contributed by atoms with Crippen LogP contribution in [0, 0.1) is 16.7 Å². The summed E-state index contributed by atoms with van der Waals surface area (Å²) in [5, 5.41) is 21.4. The fourth-order valence-corrected chi connectivity index (χ4v) is 2.62. The third-order valence-electron chi connectivity index (χ3n) is 3.77. The Morgan fingerprint density at radius 2 is 2.14 bits per heavy atom. The van der Waals surface area contributed by atoms with E-state index in [0.29, 0.717) is 0 Å². The standard InChI is InChI=1S/C14H23N3O4/c1-5-21-11(18)16-14(9-15)6-7-17(12(19)20)10(8-14)13(2,3)4/h10H,5-8H2,1-4H3,(H,16,18)(H,19,20). The Bertz CT molecular complexity index is 452. The average molecular weight is 297 g/mol. The molecule has 0 aromatic heterocycles. The van der Waals surface area contributed by atoms with Crippen LogP contribution in [0.2, 0.25) is 0 Å². The summed E-state index contributed by atoms with van der Waals surface area (Å²) in [5.41, 5.74) is -1.42. The van der Waals surface area contributed by atoms with Gasteiger partial charge in [-0.2, -0.15) is 5.26 Å². The zero-order chi connectivity index (χ0) is 16.3. The number of nitrogens with one attached hydrogen (secondary N) is 1. The van der Waals surface area contributed by atoms with Gasteiger partial charge in [0, 0.05) is 25.4 Å².